The van der Waals surface area contributed by atoms with E-state index in [1.165, 1.54) is 0 Å². The topological polar surface area (TPSA) is 90.8 Å². The molecular weight excluding hydrogens is 374 g/mol. The van der Waals surface area contributed by atoms with Crippen molar-refractivity contribution in [3.63, 3.8) is 0 Å². The number of carbonyl (C=O) groups excluding carboxylic acids is 1. The van der Waals surface area contributed by atoms with E-state index in [1.807, 2.05) is 23.1 Å². The van der Waals surface area contributed by atoms with Crippen LogP contribution < -0.4 is 9.47 Å². The van der Waals surface area contributed by atoms with Gasteiger partial charge in [0.1, 0.15) is 0 Å². The summed E-state index contributed by atoms with van der Waals surface area (Å²) in [5, 5.41) is 8.21. The first-order valence-corrected chi connectivity index (χ1v) is 9.50. The van der Waals surface area contributed by atoms with Crippen molar-refractivity contribution in [2.24, 2.45) is 0 Å². The molecule has 0 aliphatic carbocycles. The highest BCUT2D eigenvalue weighted by molar-refractivity contribution is 5.92. The van der Waals surface area contributed by atoms with Crippen LogP contribution in [0.1, 0.15) is 30.2 Å². The normalized spacial score (nSPS) is 16.6. The molecule has 0 atom stereocenters. The Morgan fingerprint density at radius 3 is 2.79 bits per heavy atom. The van der Waals surface area contributed by atoms with Crippen molar-refractivity contribution in [2.45, 2.75) is 18.8 Å². The average Bonchev–Trinajstić information content (AvgIpc) is 3.52. The Bertz CT molecular complexity index is 1030. The fourth-order valence-corrected chi connectivity index (χ4v) is 3.54. The number of likely N-dealkylation sites (tertiary alicyclic amines) is 1. The highest BCUT2D eigenvalue weighted by atomic mass is 16.7. The number of piperidine rings is 1. The molecule has 0 saturated carbocycles. The zero-order chi connectivity index (χ0) is 19.6. The first kappa shape index (κ1) is 17.5. The minimum atomic E-state index is -0.0112. The van der Waals surface area contributed by atoms with Gasteiger partial charge in [0.25, 0.3) is 5.89 Å². The van der Waals surface area contributed by atoms with E-state index in [9.17, 15) is 4.79 Å². The van der Waals surface area contributed by atoms with Gasteiger partial charge in [0.05, 0.1) is 6.26 Å². The van der Waals surface area contributed by atoms with Crippen LogP contribution in [0.3, 0.4) is 0 Å². The van der Waals surface area contributed by atoms with E-state index < -0.39 is 0 Å². The van der Waals surface area contributed by atoms with Crippen LogP contribution in [0.2, 0.25) is 0 Å². The highest BCUT2D eigenvalue weighted by Gasteiger charge is 2.27. The summed E-state index contributed by atoms with van der Waals surface area (Å²) in [5.41, 5.74) is 0.897. The highest BCUT2D eigenvalue weighted by Crippen LogP contribution is 2.33. The number of furan rings is 1. The fraction of sp³-hybridized carbons (Fsp3) is 0.286. The lowest BCUT2D eigenvalue weighted by molar-refractivity contribution is -0.127. The summed E-state index contributed by atoms with van der Waals surface area (Å²) in [6.07, 6.45) is 6.52. The van der Waals surface area contributed by atoms with Gasteiger partial charge in [0.15, 0.2) is 17.3 Å². The zero-order valence-corrected chi connectivity index (χ0v) is 15.6. The summed E-state index contributed by atoms with van der Waals surface area (Å²) in [7, 11) is 0. The molecule has 3 aromatic rings. The van der Waals surface area contributed by atoms with E-state index >= 15 is 0 Å². The van der Waals surface area contributed by atoms with Crippen LogP contribution in [0.4, 0.5) is 0 Å². The second-order valence-electron chi connectivity index (χ2n) is 6.97. The summed E-state index contributed by atoms with van der Waals surface area (Å²) >= 11 is 0. The lowest BCUT2D eigenvalue weighted by atomic mass is 9.97. The number of hydrogen-bond donors (Lipinski definition) is 0. The lowest BCUT2D eigenvalue weighted by Crippen LogP contribution is -2.36. The Kier molecular flexibility index (Phi) is 4.51. The van der Waals surface area contributed by atoms with Crippen LogP contribution in [0.15, 0.2) is 51.5 Å². The molecule has 0 N–H and O–H groups in total. The Morgan fingerprint density at radius 2 is 1.97 bits per heavy atom. The molecule has 0 spiro atoms. The zero-order valence-electron chi connectivity index (χ0n) is 15.6. The minimum absolute atomic E-state index is 0.0112. The predicted octanol–water partition coefficient (Wildman–Crippen LogP) is 3.48. The van der Waals surface area contributed by atoms with Crippen LogP contribution in [0, 0.1) is 0 Å². The van der Waals surface area contributed by atoms with Crippen molar-refractivity contribution >= 4 is 12.0 Å². The van der Waals surface area contributed by atoms with Gasteiger partial charge in [-0.25, -0.2) is 0 Å². The maximum Gasteiger partial charge on any atom is 0.283 e. The second kappa shape index (κ2) is 7.46. The van der Waals surface area contributed by atoms with Gasteiger partial charge in [-0.2, -0.15) is 0 Å². The standard InChI is InChI=1S/C21H19N3O5/c25-19(6-4-14-3-5-16-18(12-14)28-13-27-16)24-9-7-15(8-10-24)20-22-23-21(29-20)17-2-1-11-26-17/h1-6,11-12,15H,7-10,13H2. The van der Waals surface area contributed by atoms with Gasteiger partial charge in [-0.05, 0) is 48.7 Å². The first-order chi connectivity index (χ1) is 14.3. The van der Waals surface area contributed by atoms with E-state index in [1.54, 1.807) is 30.5 Å². The van der Waals surface area contributed by atoms with Gasteiger partial charge in [-0.15, -0.1) is 10.2 Å². The Hall–Kier alpha value is -3.55. The molecule has 8 heteroatoms. The molecule has 2 aliphatic rings. The van der Waals surface area contributed by atoms with Crippen molar-refractivity contribution in [1.82, 2.24) is 15.1 Å². The predicted molar refractivity (Wildman–Crippen MR) is 102 cm³/mol. The third-order valence-electron chi connectivity index (χ3n) is 5.14. The van der Waals surface area contributed by atoms with E-state index in [0.29, 0.717) is 36.4 Å². The molecule has 2 aliphatic heterocycles. The number of fused-ring (bicyclic) bond motifs is 1. The number of aromatic nitrogens is 2. The molecule has 1 amide bonds. The number of amides is 1. The van der Waals surface area contributed by atoms with Crippen LogP contribution >= 0.6 is 0 Å². The quantitative estimate of drug-likeness (QED) is 0.627. The number of benzene rings is 1. The Morgan fingerprint density at radius 1 is 1.10 bits per heavy atom. The summed E-state index contributed by atoms with van der Waals surface area (Å²) < 4.78 is 21.7. The molecule has 29 heavy (non-hydrogen) atoms. The van der Waals surface area contributed by atoms with Gasteiger partial charge in [-0.3, -0.25) is 4.79 Å². The monoisotopic (exact) mass is 393 g/mol. The first-order valence-electron chi connectivity index (χ1n) is 9.50. The molecule has 0 radical (unpaired) electrons. The lowest BCUT2D eigenvalue weighted by Gasteiger charge is -2.29. The van der Waals surface area contributed by atoms with Crippen LogP contribution in [-0.2, 0) is 4.79 Å². The summed E-state index contributed by atoms with van der Waals surface area (Å²) in [6.45, 7) is 1.53. The van der Waals surface area contributed by atoms with Gasteiger partial charge >= 0.3 is 0 Å². The van der Waals surface area contributed by atoms with Gasteiger partial charge in [-0.1, -0.05) is 6.07 Å². The SMILES string of the molecule is O=C(C=Cc1ccc2c(c1)OCO2)N1CCC(c2nnc(-c3ccco3)o2)CC1. The summed E-state index contributed by atoms with van der Waals surface area (Å²) in [4.78, 5) is 14.4. The number of carbonyl (C=O) groups is 1. The maximum absolute atomic E-state index is 12.5. The van der Waals surface area contributed by atoms with Crippen LogP contribution in [0.25, 0.3) is 17.7 Å². The molecule has 0 unspecified atom stereocenters. The molecule has 1 aromatic carbocycles. The molecule has 5 rings (SSSR count). The number of ether oxygens (including phenoxy) is 2. The van der Waals surface area contributed by atoms with Crippen molar-refractivity contribution in [3.05, 3.63) is 54.1 Å². The van der Waals surface area contributed by atoms with Crippen molar-refractivity contribution < 1.29 is 23.1 Å². The summed E-state index contributed by atoms with van der Waals surface area (Å²) in [5.74, 6) is 3.11. The van der Waals surface area contributed by atoms with Gasteiger partial charge < -0.3 is 23.2 Å². The number of hydrogen-bond acceptors (Lipinski definition) is 7. The maximum atomic E-state index is 12.5. The van der Waals surface area contributed by atoms with E-state index in [2.05, 4.69) is 10.2 Å². The van der Waals surface area contributed by atoms with E-state index in [0.717, 1.165) is 24.2 Å². The molecule has 1 fully saturated rings. The second-order valence-corrected chi connectivity index (χ2v) is 6.97. The largest absolute Gasteiger partial charge is 0.459 e. The van der Waals surface area contributed by atoms with E-state index in [4.69, 9.17) is 18.3 Å². The van der Waals surface area contributed by atoms with Crippen molar-refractivity contribution in [2.75, 3.05) is 19.9 Å². The fourth-order valence-electron chi connectivity index (χ4n) is 3.54. The number of rotatable bonds is 4. The molecule has 1 saturated heterocycles. The molecular formula is C21H19N3O5. The van der Waals surface area contributed by atoms with Crippen molar-refractivity contribution in [1.29, 1.82) is 0 Å². The minimum Gasteiger partial charge on any atom is -0.459 e. The smallest absolute Gasteiger partial charge is 0.283 e. The molecule has 4 heterocycles. The third kappa shape index (κ3) is 3.61. The van der Waals surface area contributed by atoms with Crippen LogP contribution in [0.5, 0.6) is 11.5 Å². The average molecular weight is 393 g/mol. The number of nitrogens with zero attached hydrogens (tertiary/aromatic N) is 3. The van der Waals surface area contributed by atoms with Crippen LogP contribution in [-0.4, -0.2) is 40.9 Å². The third-order valence-corrected chi connectivity index (χ3v) is 5.14. The van der Waals surface area contributed by atoms with E-state index in [-0.39, 0.29) is 18.6 Å². The molecule has 8 nitrogen and oxygen atoms in total. The summed E-state index contributed by atoms with van der Waals surface area (Å²) in [6, 6.07) is 9.17. The van der Waals surface area contributed by atoms with Gasteiger partial charge in [0.2, 0.25) is 18.6 Å². The Balaban J connectivity index is 1.18. The molecule has 0 bridgehead atoms. The van der Waals surface area contributed by atoms with Crippen molar-refractivity contribution in [3.8, 4) is 23.1 Å². The molecule has 148 valence electrons. The molecule has 2 aromatic heterocycles. The Labute approximate surface area is 166 Å². The van der Waals surface area contributed by atoms with Gasteiger partial charge in [0, 0.05) is 25.1 Å².